The molecule has 5 rings (SSSR count). The molecule has 2 aromatic heterocycles. The topological polar surface area (TPSA) is 85.5 Å². The van der Waals surface area contributed by atoms with Crippen molar-refractivity contribution in [2.24, 2.45) is 0 Å². The van der Waals surface area contributed by atoms with Gasteiger partial charge in [-0.15, -0.1) is 10.2 Å². The molecule has 0 saturated carbocycles. The molecule has 1 aliphatic rings. The maximum absolute atomic E-state index is 13.8. The summed E-state index contributed by atoms with van der Waals surface area (Å²) in [5, 5.41) is 10.2. The predicted molar refractivity (Wildman–Crippen MR) is 137 cm³/mol. The Bertz CT molecular complexity index is 1470. The van der Waals surface area contributed by atoms with Crippen LogP contribution in [0.25, 0.3) is 11.0 Å². The number of nitrogens with zero attached hydrogens (tertiary/aromatic N) is 3. The van der Waals surface area contributed by atoms with Crippen LogP contribution in [0.5, 0.6) is 5.75 Å². The molecule has 0 aliphatic carbocycles. The van der Waals surface area contributed by atoms with Crippen molar-refractivity contribution in [3.63, 3.8) is 0 Å². The van der Waals surface area contributed by atoms with Crippen LogP contribution in [0.1, 0.15) is 70.5 Å². The van der Waals surface area contributed by atoms with Crippen LogP contribution in [0, 0.1) is 13.8 Å². The Morgan fingerprint density at radius 1 is 1.06 bits per heavy atom. The van der Waals surface area contributed by atoms with Crippen molar-refractivity contribution in [2.75, 3.05) is 11.5 Å². The van der Waals surface area contributed by atoms with Gasteiger partial charge in [-0.3, -0.25) is 14.5 Å². The Kier molecular flexibility index (Phi) is 6.15. The first-order chi connectivity index (χ1) is 16.9. The van der Waals surface area contributed by atoms with Gasteiger partial charge in [-0.05, 0) is 67.6 Å². The zero-order valence-electron chi connectivity index (χ0n) is 20.3. The van der Waals surface area contributed by atoms with Crippen molar-refractivity contribution in [2.45, 2.75) is 53.0 Å². The van der Waals surface area contributed by atoms with Crippen LogP contribution in [-0.4, -0.2) is 22.7 Å². The summed E-state index contributed by atoms with van der Waals surface area (Å²) < 4.78 is 11.9. The van der Waals surface area contributed by atoms with Crippen LogP contribution in [0.4, 0.5) is 5.13 Å². The number of anilines is 1. The molecule has 0 N–H and O–H groups in total. The summed E-state index contributed by atoms with van der Waals surface area (Å²) in [5.74, 6) is 0.427. The second kappa shape index (κ2) is 9.26. The Hall–Kier alpha value is -3.52. The van der Waals surface area contributed by atoms with E-state index in [4.69, 9.17) is 9.15 Å². The average Bonchev–Trinajstić information content (AvgIpc) is 3.44. The highest BCUT2D eigenvalue weighted by Crippen LogP contribution is 2.42. The molecule has 0 bridgehead atoms. The first-order valence-electron chi connectivity index (χ1n) is 11.9. The van der Waals surface area contributed by atoms with E-state index in [-0.39, 0.29) is 17.1 Å². The van der Waals surface area contributed by atoms with Crippen molar-refractivity contribution < 1.29 is 13.9 Å². The van der Waals surface area contributed by atoms with E-state index in [9.17, 15) is 9.59 Å². The molecule has 0 radical (unpaired) electrons. The predicted octanol–water partition coefficient (Wildman–Crippen LogP) is 5.75. The van der Waals surface area contributed by atoms with Crippen molar-refractivity contribution in [1.82, 2.24) is 10.2 Å². The Balaban J connectivity index is 1.67. The number of rotatable bonds is 7. The van der Waals surface area contributed by atoms with E-state index < -0.39 is 6.04 Å². The number of aryl methyl sites for hydroxylation is 3. The second-order valence-corrected chi connectivity index (χ2v) is 9.83. The summed E-state index contributed by atoms with van der Waals surface area (Å²) in [5.41, 5.74) is 3.32. The monoisotopic (exact) mass is 489 g/mol. The van der Waals surface area contributed by atoms with Crippen LogP contribution >= 0.6 is 11.3 Å². The lowest BCUT2D eigenvalue weighted by molar-refractivity contribution is 0.0970. The third kappa shape index (κ3) is 4.01. The van der Waals surface area contributed by atoms with E-state index >= 15 is 0 Å². The number of carbonyl (C=O) groups is 1. The van der Waals surface area contributed by atoms with E-state index in [1.54, 1.807) is 0 Å². The van der Waals surface area contributed by atoms with Gasteiger partial charge in [0.15, 0.2) is 5.43 Å². The van der Waals surface area contributed by atoms with E-state index in [2.05, 4.69) is 17.1 Å². The smallest absolute Gasteiger partial charge is 0.297 e. The number of hydrogen-bond donors (Lipinski definition) is 0. The molecule has 3 heterocycles. The number of aromatic nitrogens is 2. The molecule has 2 aromatic carbocycles. The van der Waals surface area contributed by atoms with Crippen LogP contribution in [0.3, 0.4) is 0 Å². The number of benzene rings is 2. The van der Waals surface area contributed by atoms with Gasteiger partial charge in [-0.1, -0.05) is 43.7 Å². The first-order valence-corrected chi connectivity index (χ1v) is 12.7. The summed E-state index contributed by atoms with van der Waals surface area (Å²) in [6.07, 6.45) is 2.74. The van der Waals surface area contributed by atoms with E-state index in [1.165, 1.54) is 16.2 Å². The summed E-state index contributed by atoms with van der Waals surface area (Å²) in [6.45, 7) is 8.66. The molecule has 7 nitrogen and oxygen atoms in total. The fourth-order valence-electron chi connectivity index (χ4n) is 4.31. The van der Waals surface area contributed by atoms with Crippen LogP contribution < -0.4 is 15.1 Å². The maximum Gasteiger partial charge on any atom is 0.297 e. The van der Waals surface area contributed by atoms with Crippen molar-refractivity contribution >= 4 is 33.3 Å². The van der Waals surface area contributed by atoms with Gasteiger partial charge in [0.05, 0.1) is 23.6 Å². The molecule has 4 aromatic rings. The van der Waals surface area contributed by atoms with Crippen LogP contribution in [0.15, 0.2) is 45.6 Å². The molecule has 180 valence electrons. The molecular weight excluding hydrogens is 462 g/mol. The van der Waals surface area contributed by atoms with Crippen molar-refractivity contribution in [1.29, 1.82) is 0 Å². The normalized spacial score (nSPS) is 15.1. The third-order valence-corrected chi connectivity index (χ3v) is 7.48. The summed E-state index contributed by atoms with van der Waals surface area (Å²) >= 11 is 1.35. The van der Waals surface area contributed by atoms with Gasteiger partial charge in [-0.25, -0.2) is 0 Å². The molecule has 1 amide bonds. The number of fused-ring (bicyclic) bond motifs is 2. The molecule has 0 saturated heterocycles. The van der Waals surface area contributed by atoms with Gasteiger partial charge < -0.3 is 9.15 Å². The van der Waals surface area contributed by atoms with Gasteiger partial charge in [0, 0.05) is 0 Å². The molecule has 0 fully saturated rings. The minimum Gasteiger partial charge on any atom is -0.494 e. The first kappa shape index (κ1) is 23.2. The molecule has 8 heteroatoms. The summed E-state index contributed by atoms with van der Waals surface area (Å²) in [4.78, 5) is 29.0. The van der Waals surface area contributed by atoms with Gasteiger partial charge >= 0.3 is 0 Å². The lowest BCUT2D eigenvalue weighted by Gasteiger charge is -2.22. The largest absolute Gasteiger partial charge is 0.494 e. The van der Waals surface area contributed by atoms with Crippen molar-refractivity contribution in [3.8, 4) is 5.75 Å². The van der Waals surface area contributed by atoms with Crippen molar-refractivity contribution in [3.05, 3.63) is 79.6 Å². The Morgan fingerprint density at radius 2 is 1.80 bits per heavy atom. The number of hydrogen-bond acceptors (Lipinski definition) is 7. The lowest BCUT2D eigenvalue weighted by atomic mass is 9.97. The van der Waals surface area contributed by atoms with Crippen LogP contribution in [0.2, 0.25) is 0 Å². The number of amides is 1. The zero-order valence-corrected chi connectivity index (χ0v) is 21.1. The standard InChI is InChI=1S/C27H27N3O4S/c1-5-7-12-33-18-10-8-17(9-11-18)23-22-24(31)19-13-15(3)16(4)14-20(19)34-25(22)26(32)30(23)27-29-28-21(6-2)35-27/h8-11,13-14,23H,5-7,12H2,1-4H3. The molecule has 0 spiro atoms. The minimum atomic E-state index is -0.665. The second-order valence-electron chi connectivity index (χ2n) is 8.79. The fraction of sp³-hybridized carbons (Fsp3) is 0.333. The van der Waals surface area contributed by atoms with Crippen LogP contribution in [-0.2, 0) is 6.42 Å². The van der Waals surface area contributed by atoms with E-state index in [1.807, 2.05) is 57.2 Å². The molecule has 35 heavy (non-hydrogen) atoms. The number of ether oxygens (including phenoxy) is 1. The van der Waals surface area contributed by atoms with E-state index in [0.717, 1.165) is 40.3 Å². The lowest BCUT2D eigenvalue weighted by Crippen LogP contribution is -2.29. The third-order valence-electron chi connectivity index (χ3n) is 6.41. The maximum atomic E-state index is 13.8. The quantitative estimate of drug-likeness (QED) is 0.307. The average molecular weight is 490 g/mol. The summed E-state index contributed by atoms with van der Waals surface area (Å²) in [6, 6.07) is 10.5. The van der Waals surface area contributed by atoms with Gasteiger partial charge in [-0.2, -0.15) is 0 Å². The number of unbranched alkanes of at least 4 members (excludes halogenated alkanes) is 1. The zero-order chi connectivity index (χ0) is 24.7. The fourth-order valence-corrected chi connectivity index (χ4v) is 5.11. The molecule has 1 unspecified atom stereocenters. The van der Waals surface area contributed by atoms with Gasteiger partial charge in [0.25, 0.3) is 5.91 Å². The molecule has 1 atom stereocenters. The highest BCUT2D eigenvalue weighted by molar-refractivity contribution is 7.15. The number of carbonyl (C=O) groups excluding carboxylic acids is 1. The SMILES string of the molecule is CCCCOc1ccc(C2c3c(oc4cc(C)c(C)cc4c3=O)C(=O)N2c2nnc(CC)s2)cc1. The van der Waals surface area contributed by atoms with Gasteiger partial charge in [0.1, 0.15) is 16.3 Å². The van der Waals surface area contributed by atoms with E-state index in [0.29, 0.717) is 34.7 Å². The minimum absolute atomic E-state index is 0.0623. The molecule has 1 aliphatic heterocycles. The Morgan fingerprint density at radius 3 is 2.49 bits per heavy atom. The Labute approximate surface area is 207 Å². The molecular formula is C27H27N3O4S. The summed E-state index contributed by atoms with van der Waals surface area (Å²) in [7, 11) is 0. The highest BCUT2D eigenvalue weighted by atomic mass is 32.1. The highest BCUT2D eigenvalue weighted by Gasteiger charge is 2.45. The van der Waals surface area contributed by atoms with Gasteiger partial charge in [0.2, 0.25) is 10.9 Å².